The number of hydrazine groups is 1. The van der Waals surface area contributed by atoms with Gasteiger partial charge in [0.1, 0.15) is 0 Å². The first-order valence-corrected chi connectivity index (χ1v) is 6.65. The van der Waals surface area contributed by atoms with Gasteiger partial charge in [-0.25, -0.2) is 9.80 Å². The van der Waals surface area contributed by atoms with Gasteiger partial charge < -0.3 is 10.1 Å². The Balaban J connectivity index is 2.74. The van der Waals surface area contributed by atoms with Gasteiger partial charge >= 0.3 is 5.97 Å². The zero-order valence-corrected chi connectivity index (χ0v) is 12.3. The lowest BCUT2D eigenvalue weighted by atomic mass is 10.1. The third-order valence-corrected chi connectivity index (χ3v) is 3.26. The van der Waals surface area contributed by atoms with Crippen LogP contribution in [0.15, 0.2) is 36.4 Å². The molecule has 4 nitrogen and oxygen atoms in total. The molecule has 0 amide bonds. The molecule has 0 aromatic carbocycles. The molecule has 106 valence electrons. The summed E-state index contributed by atoms with van der Waals surface area (Å²) in [5.41, 5.74) is 2.99. The number of hydrogen-bond acceptors (Lipinski definition) is 3. The Kier molecular flexibility index (Phi) is 3.95. The summed E-state index contributed by atoms with van der Waals surface area (Å²) < 4.78 is 0. The van der Waals surface area contributed by atoms with Gasteiger partial charge in [-0.15, -0.1) is 0 Å². The van der Waals surface area contributed by atoms with Crippen LogP contribution < -0.4 is 5.01 Å². The molecule has 0 aromatic heterocycles. The van der Waals surface area contributed by atoms with E-state index in [1.54, 1.807) is 6.07 Å². The summed E-state index contributed by atoms with van der Waals surface area (Å²) in [6, 6.07) is 11.6. The van der Waals surface area contributed by atoms with Crippen molar-refractivity contribution in [2.45, 2.75) is 19.9 Å². The highest BCUT2D eigenvalue weighted by Crippen LogP contribution is 2.39. The average molecular weight is 272 g/mol. The number of carbonyl (C=O) groups is 1. The number of fused-ring (bicyclic) bond motifs is 1. The molecule has 2 aliphatic carbocycles. The van der Waals surface area contributed by atoms with Crippen LogP contribution in [0.3, 0.4) is 0 Å². The summed E-state index contributed by atoms with van der Waals surface area (Å²) in [6.45, 7) is 4.10. The predicted molar refractivity (Wildman–Crippen MR) is 81.3 cm³/mol. The average Bonchev–Trinajstić information content (AvgIpc) is 2.55. The van der Waals surface area contributed by atoms with Crippen LogP contribution in [-0.4, -0.2) is 36.2 Å². The molecule has 0 saturated carbocycles. The first-order chi connectivity index (χ1) is 9.43. The molecule has 1 N–H and O–H groups in total. The van der Waals surface area contributed by atoms with E-state index in [1.165, 1.54) is 0 Å². The highest BCUT2D eigenvalue weighted by atomic mass is 16.4. The molecule has 0 aliphatic heterocycles. The minimum Gasteiger partial charge on any atom is -0.478 e. The highest BCUT2D eigenvalue weighted by molar-refractivity contribution is 6.03. The molecule has 0 spiro atoms. The van der Waals surface area contributed by atoms with Crippen molar-refractivity contribution in [3.63, 3.8) is 0 Å². The van der Waals surface area contributed by atoms with Crippen LogP contribution in [0, 0.1) is 0 Å². The summed E-state index contributed by atoms with van der Waals surface area (Å²) in [7, 11) is 3.85. The van der Waals surface area contributed by atoms with Crippen LogP contribution in [0.4, 0.5) is 5.69 Å². The number of anilines is 1. The van der Waals surface area contributed by atoms with Gasteiger partial charge in [0.05, 0.1) is 11.3 Å². The Morgan fingerprint density at radius 1 is 1.15 bits per heavy atom. The molecule has 2 aliphatic rings. The third-order valence-electron chi connectivity index (χ3n) is 3.26. The van der Waals surface area contributed by atoms with Crippen LogP contribution in [0.25, 0.3) is 11.1 Å². The molecule has 4 heteroatoms. The van der Waals surface area contributed by atoms with E-state index in [9.17, 15) is 9.90 Å². The zero-order valence-electron chi connectivity index (χ0n) is 12.3. The topological polar surface area (TPSA) is 43.8 Å². The van der Waals surface area contributed by atoms with Gasteiger partial charge in [0.2, 0.25) is 0 Å². The lowest BCUT2D eigenvalue weighted by molar-refractivity contribution is 0.0697. The fourth-order valence-corrected chi connectivity index (χ4v) is 2.60. The number of nitrogens with zero attached hydrogens (tertiary/aromatic N) is 2. The molecule has 0 atom stereocenters. The van der Waals surface area contributed by atoms with Crippen LogP contribution >= 0.6 is 0 Å². The summed E-state index contributed by atoms with van der Waals surface area (Å²) in [5.74, 6) is -0.897. The second-order valence-corrected chi connectivity index (χ2v) is 5.28. The smallest absolute Gasteiger partial charge is 0.337 e. The van der Waals surface area contributed by atoms with E-state index >= 15 is 0 Å². The van der Waals surface area contributed by atoms with Crippen molar-refractivity contribution in [1.29, 1.82) is 0 Å². The standard InChI is InChI=1S/C16H20N2O2/c1-11(2)18(17(3)4)15-13-9-7-5-6-8-12(13)10-14(15)16(19)20/h5-11H,1-4H3,(H,19,20). The maximum atomic E-state index is 11.6. The normalized spacial score (nSPS) is 11.3. The second-order valence-electron chi connectivity index (χ2n) is 5.28. The number of aromatic carboxylic acids is 1. The third kappa shape index (κ3) is 2.47. The van der Waals surface area contributed by atoms with Crippen LogP contribution in [0.1, 0.15) is 24.2 Å². The van der Waals surface area contributed by atoms with Crippen LogP contribution in [-0.2, 0) is 0 Å². The van der Waals surface area contributed by atoms with E-state index in [0.717, 1.165) is 16.8 Å². The maximum absolute atomic E-state index is 11.6. The van der Waals surface area contributed by atoms with Gasteiger partial charge in [0.25, 0.3) is 0 Å². The van der Waals surface area contributed by atoms with Crippen molar-refractivity contribution in [3.8, 4) is 11.1 Å². The molecule has 0 bridgehead atoms. The highest BCUT2D eigenvalue weighted by Gasteiger charge is 2.26. The Morgan fingerprint density at radius 2 is 1.80 bits per heavy atom. The van der Waals surface area contributed by atoms with E-state index < -0.39 is 5.97 Å². The molecular weight excluding hydrogens is 252 g/mol. The van der Waals surface area contributed by atoms with Gasteiger partial charge in [-0.1, -0.05) is 30.3 Å². The van der Waals surface area contributed by atoms with E-state index in [4.69, 9.17) is 0 Å². The van der Waals surface area contributed by atoms with Crippen molar-refractivity contribution in [2.24, 2.45) is 0 Å². The quantitative estimate of drug-likeness (QED) is 0.868. The Bertz CT molecular complexity index is 585. The van der Waals surface area contributed by atoms with Gasteiger partial charge in [-0.2, -0.15) is 0 Å². The minimum atomic E-state index is -0.897. The number of carboxylic acids is 1. The van der Waals surface area contributed by atoms with Crippen molar-refractivity contribution in [3.05, 3.63) is 42.0 Å². The Morgan fingerprint density at radius 3 is 2.35 bits per heavy atom. The summed E-state index contributed by atoms with van der Waals surface area (Å²) in [5, 5.41) is 13.4. The van der Waals surface area contributed by atoms with Gasteiger partial charge in [0, 0.05) is 25.7 Å². The minimum absolute atomic E-state index is 0.166. The lowest BCUT2D eigenvalue weighted by Gasteiger charge is -2.35. The Hall–Kier alpha value is -2.07. The van der Waals surface area contributed by atoms with Gasteiger partial charge in [-0.3, -0.25) is 0 Å². The number of carboxylic acid groups (broad SMARTS) is 1. The molecule has 0 fully saturated rings. The number of hydrogen-bond donors (Lipinski definition) is 1. The lowest BCUT2D eigenvalue weighted by Crippen LogP contribution is -2.42. The largest absolute Gasteiger partial charge is 0.478 e. The van der Waals surface area contributed by atoms with Gasteiger partial charge in [-0.05, 0) is 25.5 Å². The molecular formula is C16H20N2O2. The van der Waals surface area contributed by atoms with Crippen LogP contribution in [0.5, 0.6) is 0 Å². The number of rotatable bonds is 4. The summed E-state index contributed by atoms with van der Waals surface area (Å²) >= 11 is 0. The van der Waals surface area contributed by atoms with E-state index in [1.807, 2.05) is 68.3 Å². The zero-order chi connectivity index (χ0) is 14.9. The Labute approximate surface area is 119 Å². The molecule has 0 radical (unpaired) electrons. The van der Waals surface area contributed by atoms with Crippen LogP contribution in [0.2, 0.25) is 0 Å². The molecule has 0 heterocycles. The maximum Gasteiger partial charge on any atom is 0.337 e. The molecule has 0 saturated heterocycles. The monoisotopic (exact) mass is 272 g/mol. The fourth-order valence-electron chi connectivity index (χ4n) is 2.60. The molecule has 0 aromatic rings. The first-order valence-electron chi connectivity index (χ1n) is 6.65. The molecule has 20 heavy (non-hydrogen) atoms. The van der Waals surface area contributed by atoms with Crippen molar-refractivity contribution >= 4 is 11.7 Å². The SMILES string of the molecule is CC(C)N(c1c(C(=O)O)cc2cccccc1-2)N(C)C. The fraction of sp³-hybridized carbons (Fsp3) is 0.312. The van der Waals surface area contributed by atoms with Crippen molar-refractivity contribution < 1.29 is 9.90 Å². The molecule has 0 unspecified atom stereocenters. The summed E-state index contributed by atoms with van der Waals surface area (Å²) in [4.78, 5) is 11.6. The van der Waals surface area contributed by atoms with E-state index in [2.05, 4.69) is 0 Å². The first kappa shape index (κ1) is 14.3. The molecule has 2 rings (SSSR count). The van der Waals surface area contributed by atoms with E-state index in [0.29, 0.717) is 5.56 Å². The van der Waals surface area contributed by atoms with Crippen molar-refractivity contribution in [2.75, 3.05) is 19.1 Å². The second kappa shape index (κ2) is 5.51. The van der Waals surface area contributed by atoms with E-state index in [-0.39, 0.29) is 6.04 Å². The van der Waals surface area contributed by atoms with Gasteiger partial charge in [0.15, 0.2) is 0 Å². The summed E-state index contributed by atoms with van der Waals surface area (Å²) in [6.07, 6.45) is 0. The predicted octanol–water partition coefficient (Wildman–Crippen LogP) is 3.18. The van der Waals surface area contributed by atoms with Crippen molar-refractivity contribution in [1.82, 2.24) is 5.01 Å².